The van der Waals surface area contributed by atoms with E-state index in [1.54, 1.807) is 0 Å². The molecule has 2 N–H and O–H groups in total. The predicted molar refractivity (Wildman–Crippen MR) is 90.1 cm³/mol. The molecule has 0 radical (unpaired) electrons. The van der Waals surface area contributed by atoms with Crippen molar-refractivity contribution < 1.29 is 0 Å². The van der Waals surface area contributed by atoms with Gasteiger partial charge in [-0.2, -0.15) is 11.8 Å². The quantitative estimate of drug-likeness (QED) is 0.473. The Kier molecular flexibility index (Phi) is 7.98. The van der Waals surface area contributed by atoms with Gasteiger partial charge in [-0.25, -0.2) is 4.99 Å². The van der Waals surface area contributed by atoms with Crippen molar-refractivity contribution in [3.05, 3.63) is 33.8 Å². The number of nitrogens with one attached hydrogen (secondary N) is 2. The normalized spacial score (nSPS) is 11.5. The number of nitrogens with zero attached hydrogens (tertiary/aromatic N) is 1. The molecule has 0 aromatic heterocycles. The first-order valence-corrected chi connectivity index (χ1v) is 8.62. The van der Waals surface area contributed by atoms with E-state index in [1.165, 1.54) is 11.1 Å². The summed E-state index contributed by atoms with van der Waals surface area (Å²) in [6.45, 7) is 6.71. The lowest BCUT2D eigenvalue weighted by atomic mass is 10.1. The van der Waals surface area contributed by atoms with Crippen LogP contribution in [0.1, 0.15) is 18.1 Å². The van der Waals surface area contributed by atoms with Crippen LogP contribution in [0.3, 0.4) is 0 Å². The molecule has 0 atom stereocenters. The first-order chi connectivity index (χ1) is 9.17. The molecule has 1 rings (SSSR count). The highest BCUT2D eigenvalue weighted by molar-refractivity contribution is 9.10. The fourth-order valence-electron chi connectivity index (χ4n) is 1.61. The molecule has 0 aliphatic carbocycles. The number of hydrogen-bond donors (Lipinski definition) is 2. The standard InChI is InChI=1S/C14H22BrN3S/c1-4-16-14(17-7-8-19-3)18-10-12-5-6-13(15)9-11(12)2/h5-6,9H,4,7-8,10H2,1-3H3,(H2,16,17,18). The molecule has 1 aromatic rings. The average molecular weight is 344 g/mol. The largest absolute Gasteiger partial charge is 0.357 e. The van der Waals surface area contributed by atoms with Crippen LogP contribution in [0, 0.1) is 6.92 Å². The van der Waals surface area contributed by atoms with Gasteiger partial charge in [-0.15, -0.1) is 0 Å². The molecule has 0 unspecified atom stereocenters. The number of guanidine groups is 1. The van der Waals surface area contributed by atoms with Crippen LogP contribution in [0.15, 0.2) is 27.7 Å². The first-order valence-electron chi connectivity index (χ1n) is 6.43. The molecule has 5 heteroatoms. The van der Waals surface area contributed by atoms with Gasteiger partial charge < -0.3 is 10.6 Å². The van der Waals surface area contributed by atoms with Crippen molar-refractivity contribution in [2.75, 3.05) is 25.1 Å². The van der Waals surface area contributed by atoms with Crippen LogP contribution in [-0.2, 0) is 6.54 Å². The zero-order chi connectivity index (χ0) is 14.1. The molecule has 3 nitrogen and oxygen atoms in total. The summed E-state index contributed by atoms with van der Waals surface area (Å²) >= 11 is 5.31. The van der Waals surface area contributed by atoms with E-state index in [0.29, 0.717) is 6.54 Å². The summed E-state index contributed by atoms with van der Waals surface area (Å²) in [6.07, 6.45) is 2.11. The lowest BCUT2D eigenvalue weighted by Crippen LogP contribution is -2.38. The Labute approximate surface area is 128 Å². The number of aryl methyl sites for hydroxylation is 1. The Hall–Kier alpha value is -0.680. The van der Waals surface area contributed by atoms with E-state index in [9.17, 15) is 0 Å². The third-order valence-corrected chi connectivity index (χ3v) is 3.76. The van der Waals surface area contributed by atoms with Crippen LogP contribution in [0.4, 0.5) is 0 Å². The smallest absolute Gasteiger partial charge is 0.191 e. The van der Waals surface area contributed by atoms with Gasteiger partial charge in [-0.3, -0.25) is 0 Å². The summed E-state index contributed by atoms with van der Waals surface area (Å²) in [7, 11) is 0. The van der Waals surface area contributed by atoms with E-state index in [1.807, 2.05) is 11.8 Å². The molecular weight excluding hydrogens is 322 g/mol. The number of hydrogen-bond acceptors (Lipinski definition) is 2. The van der Waals surface area contributed by atoms with Crippen LogP contribution in [0.2, 0.25) is 0 Å². The van der Waals surface area contributed by atoms with Crippen molar-refractivity contribution in [1.29, 1.82) is 0 Å². The number of aliphatic imine (C=N–C) groups is 1. The third-order valence-electron chi connectivity index (χ3n) is 2.66. The zero-order valence-electron chi connectivity index (χ0n) is 11.8. The Morgan fingerprint density at radius 2 is 2.16 bits per heavy atom. The summed E-state index contributed by atoms with van der Waals surface area (Å²) < 4.78 is 1.11. The molecule has 106 valence electrons. The van der Waals surface area contributed by atoms with Gasteiger partial charge in [-0.1, -0.05) is 22.0 Å². The molecule has 0 saturated carbocycles. The second-order valence-corrected chi connectivity index (χ2v) is 6.09. The maximum atomic E-state index is 4.62. The van der Waals surface area contributed by atoms with Crippen molar-refractivity contribution in [2.24, 2.45) is 4.99 Å². The first kappa shape index (κ1) is 16.4. The molecule has 0 aliphatic rings. The Morgan fingerprint density at radius 3 is 2.79 bits per heavy atom. The van der Waals surface area contributed by atoms with E-state index in [0.717, 1.165) is 29.3 Å². The zero-order valence-corrected chi connectivity index (χ0v) is 14.2. The van der Waals surface area contributed by atoms with Crippen LogP contribution < -0.4 is 10.6 Å². The van der Waals surface area contributed by atoms with Crippen LogP contribution >= 0.6 is 27.7 Å². The van der Waals surface area contributed by atoms with Crippen LogP contribution in [0.25, 0.3) is 0 Å². The van der Waals surface area contributed by atoms with Gasteiger partial charge in [0.2, 0.25) is 0 Å². The minimum atomic E-state index is 0.702. The lowest BCUT2D eigenvalue weighted by Gasteiger charge is -2.11. The minimum absolute atomic E-state index is 0.702. The van der Waals surface area contributed by atoms with E-state index >= 15 is 0 Å². The van der Waals surface area contributed by atoms with Gasteiger partial charge in [0, 0.05) is 23.3 Å². The van der Waals surface area contributed by atoms with Crippen LogP contribution in [-0.4, -0.2) is 31.1 Å². The Bertz CT molecular complexity index is 421. The highest BCUT2D eigenvalue weighted by atomic mass is 79.9. The third kappa shape index (κ3) is 6.34. The molecule has 0 fully saturated rings. The van der Waals surface area contributed by atoms with E-state index in [4.69, 9.17) is 0 Å². The highest BCUT2D eigenvalue weighted by Crippen LogP contribution is 2.16. The highest BCUT2D eigenvalue weighted by Gasteiger charge is 2.00. The number of rotatable bonds is 6. The van der Waals surface area contributed by atoms with E-state index in [2.05, 4.69) is 69.9 Å². The summed E-state index contributed by atoms with van der Waals surface area (Å²) in [6, 6.07) is 6.30. The minimum Gasteiger partial charge on any atom is -0.357 e. The Balaban J connectivity index is 2.63. The molecule has 0 amide bonds. The van der Waals surface area contributed by atoms with Gasteiger partial charge in [0.25, 0.3) is 0 Å². The van der Waals surface area contributed by atoms with Crippen molar-refractivity contribution >= 4 is 33.7 Å². The summed E-state index contributed by atoms with van der Waals surface area (Å²) in [5.41, 5.74) is 2.52. The maximum Gasteiger partial charge on any atom is 0.191 e. The van der Waals surface area contributed by atoms with Gasteiger partial charge >= 0.3 is 0 Å². The number of halogens is 1. The molecule has 0 saturated heterocycles. The molecule has 1 aromatic carbocycles. The maximum absolute atomic E-state index is 4.62. The number of benzene rings is 1. The SMILES string of the molecule is CCNC(=NCc1ccc(Br)cc1C)NCCSC. The van der Waals surface area contributed by atoms with Crippen molar-refractivity contribution in [2.45, 2.75) is 20.4 Å². The van der Waals surface area contributed by atoms with Gasteiger partial charge in [0.1, 0.15) is 0 Å². The topological polar surface area (TPSA) is 36.4 Å². The second kappa shape index (κ2) is 9.26. The van der Waals surface area contributed by atoms with E-state index in [-0.39, 0.29) is 0 Å². The number of thioether (sulfide) groups is 1. The average Bonchev–Trinajstić information content (AvgIpc) is 2.37. The molecule has 19 heavy (non-hydrogen) atoms. The fourth-order valence-corrected chi connectivity index (χ4v) is 2.40. The molecular formula is C14H22BrN3S. The van der Waals surface area contributed by atoms with Crippen molar-refractivity contribution in [1.82, 2.24) is 10.6 Å². The molecule has 0 heterocycles. The summed E-state index contributed by atoms with van der Waals surface area (Å²) in [5.74, 6) is 1.97. The summed E-state index contributed by atoms with van der Waals surface area (Å²) in [4.78, 5) is 4.62. The second-order valence-electron chi connectivity index (χ2n) is 4.19. The van der Waals surface area contributed by atoms with Crippen molar-refractivity contribution in [3.8, 4) is 0 Å². The van der Waals surface area contributed by atoms with Gasteiger partial charge in [0.15, 0.2) is 5.96 Å². The fraction of sp³-hybridized carbons (Fsp3) is 0.500. The van der Waals surface area contributed by atoms with Crippen molar-refractivity contribution in [3.63, 3.8) is 0 Å². The predicted octanol–water partition coefficient (Wildman–Crippen LogP) is 3.18. The van der Waals surface area contributed by atoms with Crippen LogP contribution in [0.5, 0.6) is 0 Å². The molecule has 0 aliphatic heterocycles. The molecule has 0 bridgehead atoms. The lowest BCUT2D eigenvalue weighted by molar-refractivity contribution is 0.842. The van der Waals surface area contributed by atoms with E-state index < -0.39 is 0 Å². The van der Waals surface area contributed by atoms with Gasteiger partial charge in [-0.05, 0) is 43.4 Å². The Morgan fingerprint density at radius 1 is 1.37 bits per heavy atom. The monoisotopic (exact) mass is 343 g/mol. The van der Waals surface area contributed by atoms with Gasteiger partial charge in [0.05, 0.1) is 6.54 Å². The summed E-state index contributed by atoms with van der Waals surface area (Å²) in [5, 5.41) is 6.59. The molecule has 0 spiro atoms.